The van der Waals surface area contributed by atoms with Crippen molar-refractivity contribution in [3.05, 3.63) is 24.4 Å². The molecule has 0 saturated heterocycles. The van der Waals surface area contributed by atoms with Gasteiger partial charge in [0.2, 0.25) is 5.91 Å². The van der Waals surface area contributed by atoms with E-state index in [1.54, 1.807) is 6.20 Å². The van der Waals surface area contributed by atoms with E-state index in [-0.39, 0.29) is 5.91 Å². The van der Waals surface area contributed by atoms with E-state index < -0.39 is 5.97 Å². The first-order chi connectivity index (χ1) is 10.9. The van der Waals surface area contributed by atoms with Crippen LogP contribution >= 0.6 is 21.6 Å². The number of amides is 1. The number of nitrogens with one attached hydrogen (secondary N) is 1. The number of aromatic nitrogens is 1. The number of nitrogens with zero attached hydrogens (tertiary/aromatic N) is 2. The topological polar surface area (TPSA) is 118 Å². The summed E-state index contributed by atoms with van der Waals surface area (Å²) in [5, 5.41) is 10.6. The first-order valence-corrected chi connectivity index (χ1v) is 8.61. The Kier molecular flexibility index (Phi) is 5.45. The second-order valence-electron chi connectivity index (χ2n) is 4.47. The fourth-order valence-electron chi connectivity index (χ4n) is 1.82. The van der Waals surface area contributed by atoms with Crippen molar-refractivity contribution in [3.8, 4) is 11.3 Å². The monoisotopic (exact) mass is 350 g/mol. The Bertz CT molecular complexity index is 760. The molecule has 0 aromatic rings. The van der Waals surface area contributed by atoms with E-state index in [1.807, 2.05) is 18.2 Å². The van der Waals surface area contributed by atoms with Gasteiger partial charge in [0.15, 0.2) is 5.17 Å². The molecule has 0 radical (unpaired) electrons. The van der Waals surface area contributed by atoms with E-state index in [9.17, 15) is 4.79 Å². The third-order valence-corrected chi connectivity index (χ3v) is 4.83. The number of rotatable bonds is 0. The first kappa shape index (κ1) is 17.1. The van der Waals surface area contributed by atoms with Crippen molar-refractivity contribution in [2.45, 2.75) is 18.7 Å². The predicted molar refractivity (Wildman–Crippen MR) is 92.9 cm³/mol. The molecule has 0 fully saturated rings. The molecular formula is C14H14N4O3S2. The summed E-state index contributed by atoms with van der Waals surface area (Å²) in [7, 11) is 2.95. The molecule has 1 aliphatic carbocycles. The standard InChI is InChI=1S/C12H10N4OS2.C2H4O2/c1-6(17)15-12-16-10-8(13)9-7(11(10)18-19-12)4-2-3-5-14-9;1-2(3)4/h2-5H,13H2,1H3,(H,15,16,17);1H3,(H,3,4). The normalized spacial score (nSPS) is 12.5. The molecule has 0 aromatic carbocycles. The number of anilines is 1. The maximum absolute atomic E-state index is 11.1. The van der Waals surface area contributed by atoms with Gasteiger partial charge in [-0.25, -0.2) is 4.99 Å². The van der Waals surface area contributed by atoms with Gasteiger partial charge >= 0.3 is 0 Å². The Morgan fingerprint density at radius 2 is 1.96 bits per heavy atom. The number of nitrogens with two attached hydrogens (primary N) is 1. The number of aliphatic imine (C=N–C) groups is 1. The smallest absolute Gasteiger partial charge is 0.300 e. The van der Waals surface area contributed by atoms with Crippen LogP contribution in [0.3, 0.4) is 0 Å². The maximum atomic E-state index is 11.1. The van der Waals surface area contributed by atoms with E-state index >= 15 is 0 Å². The van der Waals surface area contributed by atoms with E-state index in [1.165, 1.54) is 28.5 Å². The summed E-state index contributed by atoms with van der Waals surface area (Å²) in [6.07, 6.45) is 1.71. The van der Waals surface area contributed by atoms with Crippen LogP contribution in [0.25, 0.3) is 11.3 Å². The van der Waals surface area contributed by atoms with Crippen molar-refractivity contribution in [1.82, 2.24) is 10.3 Å². The lowest BCUT2D eigenvalue weighted by molar-refractivity contribution is -0.134. The summed E-state index contributed by atoms with van der Waals surface area (Å²) in [5.74, 6) is -0.977. The van der Waals surface area contributed by atoms with Crippen molar-refractivity contribution in [2.75, 3.05) is 5.73 Å². The van der Waals surface area contributed by atoms with Crippen LogP contribution in [0.5, 0.6) is 0 Å². The Morgan fingerprint density at radius 3 is 2.61 bits per heavy atom. The van der Waals surface area contributed by atoms with Gasteiger partial charge < -0.3 is 16.2 Å². The Balaban J connectivity index is 0.000000433. The van der Waals surface area contributed by atoms with Gasteiger partial charge in [0.05, 0.1) is 16.3 Å². The summed E-state index contributed by atoms with van der Waals surface area (Å²) in [6, 6.07) is 5.76. The second-order valence-corrected chi connectivity index (χ2v) is 6.60. The lowest BCUT2D eigenvalue weighted by atomic mass is 10.2. The minimum atomic E-state index is -0.833. The number of carboxylic acids is 1. The van der Waals surface area contributed by atoms with Crippen LogP contribution in [0.1, 0.15) is 13.8 Å². The quantitative estimate of drug-likeness (QED) is 0.625. The number of amidine groups is 1. The van der Waals surface area contributed by atoms with Crippen LogP contribution in [-0.4, -0.2) is 27.1 Å². The molecule has 0 spiro atoms. The van der Waals surface area contributed by atoms with Crippen LogP contribution < -0.4 is 11.1 Å². The van der Waals surface area contributed by atoms with Crippen molar-refractivity contribution >= 4 is 50.0 Å². The summed E-state index contributed by atoms with van der Waals surface area (Å²) < 4.78 is 0. The third kappa shape index (κ3) is 4.14. The molecule has 0 aromatic heterocycles. The Hall–Kier alpha value is -2.26. The van der Waals surface area contributed by atoms with Gasteiger partial charge in [-0.15, -0.1) is 0 Å². The number of hydrogen-bond donors (Lipinski definition) is 3. The Labute approximate surface area is 140 Å². The van der Waals surface area contributed by atoms with Crippen LogP contribution in [0.15, 0.2) is 34.3 Å². The SMILES string of the molecule is CC(=O)NC1=Nc2c(N)c3nccccc-3c2SS1.CC(=O)O. The molecule has 2 heterocycles. The average molecular weight is 350 g/mol. The average Bonchev–Trinajstić information content (AvgIpc) is 2.64. The zero-order valence-corrected chi connectivity index (χ0v) is 14.0. The molecule has 0 bridgehead atoms. The molecular weight excluding hydrogens is 336 g/mol. The van der Waals surface area contributed by atoms with Gasteiger partial charge in [-0.1, -0.05) is 12.1 Å². The second kappa shape index (κ2) is 7.34. The molecule has 0 atom stereocenters. The maximum Gasteiger partial charge on any atom is 0.300 e. The number of hydrogen-bond acceptors (Lipinski definition) is 7. The van der Waals surface area contributed by atoms with Crippen LogP contribution in [0.4, 0.5) is 11.4 Å². The molecule has 1 amide bonds. The number of carbonyl (C=O) groups excluding carboxylic acids is 1. The molecule has 9 heteroatoms. The number of carboxylic acid groups (broad SMARTS) is 1. The Morgan fingerprint density at radius 1 is 1.26 bits per heavy atom. The third-order valence-electron chi connectivity index (χ3n) is 2.59. The van der Waals surface area contributed by atoms with Crippen LogP contribution in [-0.2, 0) is 9.59 Å². The number of fused-ring (bicyclic) bond motifs is 3. The lowest BCUT2D eigenvalue weighted by Gasteiger charge is -2.11. The fourth-order valence-corrected chi connectivity index (χ4v) is 4.02. The van der Waals surface area contributed by atoms with E-state index in [2.05, 4.69) is 15.3 Å². The van der Waals surface area contributed by atoms with Crippen molar-refractivity contribution in [2.24, 2.45) is 4.99 Å². The summed E-state index contributed by atoms with van der Waals surface area (Å²) >= 11 is 0. The molecule has 4 N–H and O–H groups in total. The van der Waals surface area contributed by atoms with Gasteiger partial charge in [-0.3, -0.25) is 14.6 Å². The van der Waals surface area contributed by atoms with Gasteiger partial charge in [0.1, 0.15) is 5.69 Å². The van der Waals surface area contributed by atoms with Crippen LogP contribution in [0.2, 0.25) is 0 Å². The van der Waals surface area contributed by atoms with E-state index in [4.69, 9.17) is 15.6 Å². The summed E-state index contributed by atoms with van der Waals surface area (Å²) in [4.78, 5) is 29.8. The largest absolute Gasteiger partial charge is 0.481 e. The highest BCUT2D eigenvalue weighted by atomic mass is 33.1. The molecule has 2 aliphatic heterocycles. The molecule has 3 rings (SSSR count). The van der Waals surface area contributed by atoms with Gasteiger partial charge in [-0.2, -0.15) is 0 Å². The zero-order valence-electron chi connectivity index (χ0n) is 12.4. The minimum Gasteiger partial charge on any atom is -0.481 e. The highest BCUT2D eigenvalue weighted by molar-refractivity contribution is 8.82. The fraction of sp³-hybridized carbons (Fsp3) is 0.143. The predicted octanol–water partition coefficient (Wildman–Crippen LogP) is 2.74. The van der Waals surface area contributed by atoms with Crippen molar-refractivity contribution in [3.63, 3.8) is 0 Å². The van der Waals surface area contributed by atoms with Crippen molar-refractivity contribution < 1.29 is 14.7 Å². The molecule has 0 saturated carbocycles. The molecule has 0 unspecified atom stereocenters. The van der Waals surface area contributed by atoms with Crippen molar-refractivity contribution in [1.29, 1.82) is 0 Å². The van der Waals surface area contributed by atoms with Gasteiger partial charge in [0, 0.05) is 25.6 Å². The summed E-state index contributed by atoms with van der Waals surface area (Å²) in [6.45, 7) is 2.54. The number of carbonyl (C=O) groups is 2. The molecule has 23 heavy (non-hydrogen) atoms. The lowest BCUT2D eigenvalue weighted by Crippen LogP contribution is -2.25. The number of nitrogen functional groups attached to an aromatic ring is 1. The molecule has 3 aliphatic rings. The molecule has 120 valence electrons. The highest BCUT2D eigenvalue weighted by Gasteiger charge is 2.26. The van der Waals surface area contributed by atoms with E-state index in [0.29, 0.717) is 16.5 Å². The molecule has 7 nitrogen and oxygen atoms in total. The minimum absolute atomic E-state index is 0.144. The highest BCUT2D eigenvalue weighted by Crippen LogP contribution is 2.54. The van der Waals surface area contributed by atoms with Crippen LogP contribution in [0, 0.1) is 0 Å². The van der Waals surface area contributed by atoms with E-state index in [0.717, 1.165) is 23.1 Å². The summed E-state index contributed by atoms with van der Waals surface area (Å²) in [5.41, 5.74) is 9.08. The zero-order chi connectivity index (χ0) is 17.0. The van der Waals surface area contributed by atoms with Gasteiger partial charge in [0.25, 0.3) is 5.97 Å². The number of aliphatic carboxylic acids is 1. The first-order valence-electron chi connectivity index (χ1n) is 6.46. The van der Waals surface area contributed by atoms with Gasteiger partial charge in [-0.05, 0) is 27.7 Å².